The van der Waals surface area contributed by atoms with Crippen LogP contribution in [0.3, 0.4) is 0 Å². The van der Waals surface area contributed by atoms with Gasteiger partial charge in [0.1, 0.15) is 0 Å². The number of rotatable bonds is 3. The highest BCUT2D eigenvalue weighted by atomic mass is 32.2. The van der Waals surface area contributed by atoms with E-state index in [1.807, 2.05) is 18.3 Å². The fraction of sp³-hybridized carbons (Fsp3) is 0.733. The van der Waals surface area contributed by atoms with Gasteiger partial charge in [-0.3, -0.25) is 0 Å². The zero-order chi connectivity index (χ0) is 15.0. The molecule has 0 bridgehead atoms. The molecule has 118 valence electrons. The number of nitrogens with zero attached hydrogens (tertiary/aromatic N) is 2. The molecular formula is C15H25N3O2S. The molecule has 2 saturated heterocycles. The van der Waals surface area contributed by atoms with Crippen LogP contribution in [0.5, 0.6) is 0 Å². The zero-order valence-electron chi connectivity index (χ0n) is 12.8. The second-order valence-corrected chi connectivity index (χ2v) is 8.55. The molecule has 3 atom stereocenters. The van der Waals surface area contributed by atoms with Gasteiger partial charge in [-0.2, -0.15) is 17.0 Å². The number of aromatic amines is 1. The average Bonchev–Trinajstić information content (AvgIpc) is 3.08. The summed E-state index contributed by atoms with van der Waals surface area (Å²) in [5, 5.41) is 0. The van der Waals surface area contributed by atoms with Crippen LogP contribution in [0.25, 0.3) is 0 Å². The Morgan fingerprint density at radius 3 is 2.57 bits per heavy atom. The van der Waals surface area contributed by atoms with E-state index in [2.05, 4.69) is 18.8 Å². The first-order valence-corrected chi connectivity index (χ1v) is 9.28. The number of hydrogen-bond acceptors (Lipinski definition) is 2. The summed E-state index contributed by atoms with van der Waals surface area (Å²) in [5.41, 5.74) is 1.01. The minimum absolute atomic E-state index is 0.0301. The van der Waals surface area contributed by atoms with Gasteiger partial charge in [0, 0.05) is 31.5 Å². The van der Waals surface area contributed by atoms with Gasteiger partial charge in [0.05, 0.1) is 6.04 Å². The molecule has 0 amide bonds. The second-order valence-electron chi connectivity index (χ2n) is 6.67. The molecule has 0 aliphatic carbocycles. The van der Waals surface area contributed by atoms with Gasteiger partial charge in [-0.1, -0.05) is 13.8 Å². The van der Waals surface area contributed by atoms with Crippen molar-refractivity contribution < 1.29 is 8.42 Å². The quantitative estimate of drug-likeness (QED) is 0.932. The first kappa shape index (κ1) is 15.1. The predicted octanol–water partition coefficient (Wildman–Crippen LogP) is 2.37. The number of hydrogen-bond donors (Lipinski definition) is 1. The van der Waals surface area contributed by atoms with E-state index in [1.165, 1.54) is 0 Å². The Hall–Kier alpha value is -0.850. The highest BCUT2D eigenvalue weighted by molar-refractivity contribution is 7.86. The third-order valence-electron chi connectivity index (χ3n) is 4.64. The van der Waals surface area contributed by atoms with Crippen LogP contribution in [-0.2, 0) is 10.2 Å². The van der Waals surface area contributed by atoms with Gasteiger partial charge in [0.2, 0.25) is 0 Å². The lowest BCUT2D eigenvalue weighted by molar-refractivity contribution is 0.206. The molecule has 1 aromatic rings. The van der Waals surface area contributed by atoms with Crippen molar-refractivity contribution >= 4 is 10.2 Å². The molecule has 2 aliphatic rings. The molecule has 2 aliphatic heterocycles. The highest BCUT2D eigenvalue weighted by Gasteiger charge is 2.41. The molecule has 1 aromatic heterocycles. The summed E-state index contributed by atoms with van der Waals surface area (Å²) in [7, 11) is -3.36. The molecule has 0 aromatic carbocycles. The third-order valence-corrected chi connectivity index (χ3v) is 6.62. The fourth-order valence-electron chi connectivity index (χ4n) is 3.82. The van der Waals surface area contributed by atoms with Crippen molar-refractivity contribution in [2.24, 2.45) is 11.8 Å². The van der Waals surface area contributed by atoms with Crippen LogP contribution in [-0.4, -0.2) is 41.6 Å². The van der Waals surface area contributed by atoms with Crippen molar-refractivity contribution in [2.75, 3.05) is 19.6 Å². The van der Waals surface area contributed by atoms with E-state index in [4.69, 9.17) is 0 Å². The van der Waals surface area contributed by atoms with Crippen LogP contribution in [0.15, 0.2) is 18.3 Å². The predicted molar refractivity (Wildman–Crippen MR) is 82.9 cm³/mol. The summed E-state index contributed by atoms with van der Waals surface area (Å²) in [6.07, 6.45) is 4.82. The lowest BCUT2D eigenvalue weighted by Crippen LogP contribution is -2.49. The van der Waals surface area contributed by atoms with Crippen LogP contribution < -0.4 is 0 Å². The Balaban J connectivity index is 1.83. The molecule has 6 heteroatoms. The van der Waals surface area contributed by atoms with E-state index in [9.17, 15) is 8.42 Å². The minimum atomic E-state index is -3.36. The van der Waals surface area contributed by atoms with Crippen molar-refractivity contribution in [3.05, 3.63) is 24.0 Å². The van der Waals surface area contributed by atoms with E-state index in [0.717, 1.165) is 25.0 Å². The summed E-state index contributed by atoms with van der Waals surface area (Å²) in [6.45, 7) is 6.22. The first-order chi connectivity index (χ1) is 9.98. The summed E-state index contributed by atoms with van der Waals surface area (Å²) >= 11 is 0. The number of piperidine rings is 1. The Kier molecular flexibility index (Phi) is 4.12. The smallest absolute Gasteiger partial charge is 0.282 e. The Bertz CT molecular complexity index is 560. The van der Waals surface area contributed by atoms with Crippen LogP contribution in [0.2, 0.25) is 0 Å². The van der Waals surface area contributed by atoms with Crippen molar-refractivity contribution in [3.63, 3.8) is 0 Å². The molecule has 21 heavy (non-hydrogen) atoms. The zero-order valence-corrected chi connectivity index (χ0v) is 13.6. The van der Waals surface area contributed by atoms with E-state index in [0.29, 0.717) is 31.5 Å². The Labute approximate surface area is 127 Å². The fourth-order valence-corrected chi connectivity index (χ4v) is 5.90. The van der Waals surface area contributed by atoms with Crippen molar-refractivity contribution in [1.29, 1.82) is 0 Å². The number of aromatic nitrogens is 1. The van der Waals surface area contributed by atoms with Gasteiger partial charge in [0.25, 0.3) is 10.2 Å². The Morgan fingerprint density at radius 1 is 1.24 bits per heavy atom. The SMILES string of the molecule is CC1CC(C)CN(S(=O)(=O)N2CCCC2c2ccc[nH]2)C1. The Morgan fingerprint density at radius 2 is 1.95 bits per heavy atom. The van der Waals surface area contributed by atoms with Gasteiger partial charge in [0.15, 0.2) is 0 Å². The highest BCUT2D eigenvalue weighted by Crippen LogP contribution is 2.36. The average molecular weight is 311 g/mol. The molecule has 2 fully saturated rings. The summed E-state index contributed by atoms with van der Waals surface area (Å²) in [6, 6.07) is 3.89. The molecule has 0 radical (unpaired) electrons. The topological polar surface area (TPSA) is 56.4 Å². The van der Waals surface area contributed by atoms with E-state index >= 15 is 0 Å². The maximum Gasteiger partial charge on any atom is 0.282 e. The van der Waals surface area contributed by atoms with Gasteiger partial charge >= 0.3 is 0 Å². The third kappa shape index (κ3) is 2.89. The lowest BCUT2D eigenvalue weighted by Gasteiger charge is -2.37. The molecule has 3 heterocycles. The molecular weight excluding hydrogens is 286 g/mol. The summed E-state index contributed by atoms with van der Waals surface area (Å²) in [5.74, 6) is 0.880. The summed E-state index contributed by atoms with van der Waals surface area (Å²) < 4.78 is 29.4. The van der Waals surface area contributed by atoms with E-state index in [1.54, 1.807) is 8.61 Å². The van der Waals surface area contributed by atoms with Crippen LogP contribution in [0, 0.1) is 11.8 Å². The molecule has 0 spiro atoms. The minimum Gasteiger partial charge on any atom is -0.364 e. The molecule has 3 unspecified atom stereocenters. The number of H-pyrrole nitrogens is 1. The van der Waals surface area contributed by atoms with Crippen molar-refractivity contribution in [2.45, 2.75) is 39.2 Å². The number of nitrogens with one attached hydrogen (secondary N) is 1. The molecule has 3 rings (SSSR count). The molecule has 0 saturated carbocycles. The van der Waals surface area contributed by atoms with Crippen LogP contribution in [0.1, 0.15) is 44.8 Å². The molecule has 1 N–H and O–H groups in total. The van der Waals surface area contributed by atoms with Crippen LogP contribution >= 0.6 is 0 Å². The normalized spacial score (nSPS) is 32.6. The van der Waals surface area contributed by atoms with Crippen molar-refractivity contribution in [1.82, 2.24) is 13.6 Å². The van der Waals surface area contributed by atoms with E-state index in [-0.39, 0.29) is 6.04 Å². The van der Waals surface area contributed by atoms with Gasteiger partial charge in [-0.25, -0.2) is 0 Å². The molecule has 5 nitrogen and oxygen atoms in total. The van der Waals surface area contributed by atoms with Gasteiger partial charge in [-0.15, -0.1) is 0 Å². The van der Waals surface area contributed by atoms with Gasteiger partial charge in [-0.05, 0) is 43.2 Å². The summed E-state index contributed by atoms with van der Waals surface area (Å²) in [4.78, 5) is 3.18. The van der Waals surface area contributed by atoms with E-state index < -0.39 is 10.2 Å². The lowest BCUT2D eigenvalue weighted by atomic mass is 9.94. The van der Waals surface area contributed by atoms with Crippen LogP contribution in [0.4, 0.5) is 0 Å². The van der Waals surface area contributed by atoms with Gasteiger partial charge < -0.3 is 4.98 Å². The maximum absolute atomic E-state index is 13.0. The van der Waals surface area contributed by atoms with Crippen molar-refractivity contribution in [3.8, 4) is 0 Å². The largest absolute Gasteiger partial charge is 0.364 e. The first-order valence-electron chi connectivity index (χ1n) is 7.88. The maximum atomic E-state index is 13.0. The monoisotopic (exact) mass is 311 g/mol. The standard InChI is InChI=1S/C15H25N3O2S/c1-12-9-13(2)11-17(10-12)21(19,20)18-8-4-6-15(18)14-5-3-7-16-14/h3,5,7,12-13,15-16H,4,6,8-11H2,1-2H3. The second kappa shape index (κ2) is 5.74.